The number of fused-ring (bicyclic) bond motifs is 2. The third kappa shape index (κ3) is 3.07. The van der Waals surface area contributed by atoms with Crippen molar-refractivity contribution >= 4 is 28.2 Å². The second-order valence-corrected chi connectivity index (χ2v) is 8.09. The van der Waals surface area contributed by atoms with Crippen LogP contribution in [-0.2, 0) is 11.3 Å². The maximum Gasteiger partial charge on any atom is 0.262 e. The van der Waals surface area contributed by atoms with E-state index < -0.39 is 0 Å². The first kappa shape index (κ1) is 18.5. The third-order valence-corrected chi connectivity index (χ3v) is 5.61. The van der Waals surface area contributed by atoms with Crippen LogP contribution in [-0.4, -0.2) is 46.3 Å². The average Bonchev–Trinajstić information content (AvgIpc) is 2.72. The first-order valence-electron chi connectivity index (χ1n) is 10.2. The summed E-state index contributed by atoms with van der Waals surface area (Å²) in [5, 5.41) is 3.39. The summed E-state index contributed by atoms with van der Waals surface area (Å²) >= 11 is 0. The molecule has 30 heavy (non-hydrogen) atoms. The molecule has 152 valence electrons. The highest BCUT2D eigenvalue weighted by atomic mass is 16.2. The van der Waals surface area contributed by atoms with Gasteiger partial charge in [0.15, 0.2) is 0 Å². The molecule has 0 saturated carbocycles. The molecule has 3 heterocycles. The first-order chi connectivity index (χ1) is 14.5. The van der Waals surface area contributed by atoms with Crippen molar-refractivity contribution in [3.05, 3.63) is 58.9 Å². The van der Waals surface area contributed by atoms with Gasteiger partial charge in [0.2, 0.25) is 5.91 Å². The molecule has 1 N–H and O–H groups in total. The second-order valence-electron chi connectivity index (χ2n) is 8.09. The van der Waals surface area contributed by atoms with Crippen LogP contribution in [0.15, 0.2) is 58.3 Å². The van der Waals surface area contributed by atoms with Crippen molar-refractivity contribution in [2.24, 2.45) is 4.99 Å². The van der Waals surface area contributed by atoms with Crippen LogP contribution in [0.3, 0.4) is 0 Å². The fourth-order valence-corrected chi connectivity index (χ4v) is 4.03. The molecule has 1 amide bonds. The number of hydrogen-bond donors (Lipinski definition) is 1. The quantitative estimate of drug-likeness (QED) is 0.711. The van der Waals surface area contributed by atoms with E-state index in [-0.39, 0.29) is 24.1 Å². The van der Waals surface area contributed by atoms with Crippen LogP contribution in [0.2, 0.25) is 0 Å². The number of amides is 1. The van der Waals surface area contributed by atoms with Crippen LogP contribution in [0.4, 0.5) is 5.69 Å². The van der Waals surface area contributed by atoms with Gasteiger partial charge in [-0.15, -0.1) is 0 Å². The van der Waals surface area contributed by atoms with Crippen LogP contribution >= 0.6 is 0 Å². The average molecular weight is 401 g/mol. The van der Waals surface area contributed by atoms with Gasteiger partial charge in [0.05, 0.1) is 35.7 Å². The van der Waals surface area contributed by atoms with Gasteiger partial charge in [-0.3, -0.25) is 19.1 Å². The smallest absolute Gasteiger partial charge is 0.262 e. The normalized spacial score (nSPS) is 17.2. The molecule has 2 aliphatic heterocycles. The number of rotatable bonds is 5. The molecule has 7 nitrogen and oxygen atoms in total. The molecule has 0 bridgehead atoms. The molecule has 0 radical (unpaired) electrons. The molecule has 2 aromatic carbocycles. The lowest BCUT2D eigenvalue weighted by atomic mass is 9.93. The monoisotopic (exact) mass is 401 g/mol. The number of aromatic nitrogens is 2. The van der Waals surface area contributed by atoms with E-state index in [9.17, 15) is 9.59 Å². The molecular weight excluding hydrogens is 378 g/mol. The fourth-order valence-electron chi connectivity index (χ4n) is 4.03. The molecule has 3 aromatic rings. The molecule has 1 atom stereocenters. The lowest BCUT2D eigenvalue weighted by Crippen LogP contribution is -2.64. The Morgan fingerprint density at radius 1 is 1.20 bits per heavy atom. The molecule has 2 aliphatic rings. The Kier molecular flexibility index (Phi) is 4.38. The highest BCUT2D eigenvalue weighted by Gasteiger charge is 2.40. The molecule has 1 unspecified atom stereocenters. The third-order valence-electron chi connectivity index (χ3n) is 5.61. The summed E-state index contributed by atoms with van der Waals surface area (Å²) in [6.07, 6.45) is 0. The molecule has 1 saturated heterocycles. The zero-order valence-corrected chi connectivity index (χ0v) is 17.0. The summed E-state index contributed by atoms with van der Waals surface area (Å²) < 4.78 is 1.48. The minimum absolute atomic E-state index is 0.00171. The SMILES string of the molecule is CC(C)NC(=O)Cn1c(-c2ccccc2)nc2ccc(N3CC4=NCC43)cc2c1=O. The minimum atomic E-state index is -0.209. The largest absolute Gasteiger partial charge is 0.356 e. The lowest BCUT2D eigenvalue weighted by molar-refractivity contribution is -0.122. The lowest BCUT2D eigenvalue weighted by Gasteiger charge is -2.48. The molecule has 1 aromatic heterocycles. The Labute approximate surface area is 174 Å². The van der Waals surface area contributed by atoms with E-state index in [0.29, 0.717) is 22.8 Å². The van der Waals surface area contributed by atoms with Gasteiger partial charge in [-0.05, 0) is 32.0 Å². The van der Waals surface area contributed by atoms with Crippen molar-refractivity contribution in [1.29, 1.82) is 0 Å². The van der Waals surface area contributed by atoms with Gasteiger partial charge in [-0.25, -0.2) is 4.98 Å². The van der Waals surface area contributed by atoms with Gasteiger partial charge in [0.1, 0.15) is 12.4 Å². The van der Waals surface area contributed by atoms with Crippen LogP contribution < -0.4 is 15.8 Å². The van der Waals surface area contributed by atoms with E-state index in [1.165, 1.54) is 10.3 Å². The molecule has 0 spiro atoms. The Morgan fingerprint density at radius 2 is 2.00 bits per heavy atom. The van der Waals surface area contributed by atoms with Gasteiger partial charge in [-0.1, -0.05) is 30.3 Å². The predicted molar refractivity (Wildman–Crippen MR) is 118 cm³/mol. The zero-order valence-electron chi connectivity index (χ0n) is 17.0. The molecule has 1 fully saturated rings. The molecular formula is C23H23N5O2. The summed E-state index contributed by atoms with van der Waals surface area (Å²) in [6.45, 7) is 5.36. The second kappa shape index (κ2) is 7.09. The van der Waals surface area contributed by atoms with Crippen molar-refractivity contribution in [3.8, 4) is 11.4 Å². The summed E-state index contributed by atoms with van der Waals surface area (Å²) in [7, 11) is 0. The highest BCUT2D eigenvalue weighted by molar-refractivity contribution is 6.07. The van der Waals surface area contributed by atoms with Gasteiger partial charge >= 0.3 is 0 Å². The first-order valence-corrected chi connectivity index (χ1v) is 10.2. The van der Waals surface area contributed by atoms with Crippen molar-refractivity contribution in [1.82, 2.24) is 14.9 Å². The summed E-state index contributed by atoms with van der Waals surface area (Å²) in [6, 6.07) is 15.7. The number of nitrogens with one attached hydrogen (secondary N) is 1. The van der Waals surface area contributed by atoms with E-state index in [4.69, 9.17) is 4.98 Å². The number of carbonyl (C=O) groups excluding carboxylic acids is 1. The van der Waals surface area contributed by atoms with E-state index in [0.717, 1.165) is 24.3 Å². The summed E-state index contributed by atoms with van der Waals surface area (Å²) in [4.78, 5) is 37.4. The topological polar surface area (TPSA) is 79.6 Å². The van der Waals surface area contributed by atoms with E-state index in [2.05, 4.69) is 15.2 Å². The maximum absolute atomic E-state index is 13.5. The van der Waals surface area contributed by atoms with Gasteiger partial charge in [0, 0.05) is 17.3 Å². The molecule has 5 rings (SSSR count). The van der Waals surface area contributed by atoms with Crippen molar-refractivity contribution < 1.29 is 4.79 Å². The van der Waals surface area contributed by atoms with E-state index in [1.54, 1.807) is 0 Å². The van der Waals surface area contributed by atoms with Gasteiger partial charge in [0.25, 0.3) is 5.56 Å². The maximum atomic E-state index is 13.5. The molecule has 0 aliphatic carbocycles. The Morgan fingerprint density at radius 3 is 2.63 bits per heavy atom. The molecule has 7 heteroatoms. The number of anilines is 1. The fraction of sp³-hybridized carbons (Fsp3) is 0.304. The number of hydrogen-bond acceptors (Lipinski definition) is 5. The minimum Gasteiger partial charge on any atom is -0.356 e. The van der Waals surface area contributed by atoms with Crippen LogP contribution in [0, 0.1) is 0 Å². The number of benzene rings is 2. The van der Waals surface area contributed by atoms with E-state index in [1.807, 2.05) is 62.4 Å². The van der Waals surface area contributed by atoms with Crippen LogP contribution in [0.25, 0.3) is 22.3 Å². The summed E-state index contributed by atoms with van der Waals surface area (Å²) in [5.74, 6) is 0.289. The Hall–Kier alpha value is -3.48. The van der Waals surface area contributed by atoms with Crippen LogP contribution in [0.5, 0.6) is 0 Å². The van der Waals surface area contributed by atoms with Crippen molar-refractivity contribution in [3.63, 3.8) is 0 Å². The standard InChI is InChI=1S/C23H23N5O2/c1-14(2)25-21(29)13-28-22(15-6-4-3-5-7-15)26-18-9-8-16(10-17(18)23(28)30)27-12-19-20(27)11-24-19/h3-10,14,20H,11-13H2,1-2H3,(H,25,29). The van der Waals surface area contributed by atoms with Gasteiger partial charge < -0.3 is 10.2 Å². The summed E-state index contributed by atoms with van der Waals surface area (Å²) in [5.41, 5.74) is 3.45. The van der Waals surface area contributed by atoms with E-state index >= 15 is 0 Å². The van der Waals surface area contributed by atoms with Crippen molar-refractivity contribution in [2.45, 2.75) is 32.5 Å². The number of nitrogens with zero attached hydrogens (tertiary/aromatic N) is 4. The Bertz CT molecular complexity index is 1230. The number of aliphatic imine (C=N–C) groups is 1. The predicted octanol–water partition coefficient (Wildman–Crippen LogP) is 2.23. The van der Waals surface area contributed by atoms with Crippen molar-refractivity contribution in [2.75, 3.05) is 18.0 Å². The van der Waals surface area contributed by atoms with Crippen LogP contribution in [0.1, 0.15) is 13.8 Å². The zero-order chi connectivity index (χ0) is 20.8. The highest BCUT2D eigenvalue weighted by Crippen LogP contribution is 2.31. The van der Waals surface area contributed by atoms with Gasteiger partial charge in [-0.2, -0.15) is 0 Å². The number of carbonyl (C=O) groups is 1. The Balaban J connectivity index is 1.62.